The third-order valence-electron chi connectivity index (χ3n) is 4.81. The van der Waals surface area contributed by atoms with E-state index in [0.717, 1.165) is 12.1 Å². The number of anilines is 2. The average Bonchev–Trinajstić information content (AvgIpc) is 2.69. The normalized spacial score (nSPS) is 15.7. The van der Waals surface area contributed by atoms with E-state index in [0.29, 0.717) is 25.9 Å². The Labute approximate surface area is 172 Å². The summed E-state index contributed by atoms with van der Waals surface area (Å²) in [6, 6.07) is 1.45. The van der Waals surface area contributed by atoms with Crippen LogP contribution >= 0.6 is 0 Å². The summed E-state index contributed by atoms with van der Waals surface area (Å²) in [6.07, 6.45) is 3.48. The number of rotatable bonds is 6. The van der Waals surface area contributed by atoms with Crippen LogP contribution in [0.5, 0.6) is 5.75 Å². The number of benzene rings is 1. The van der Waals surface area contributed by atoms with Gasteiger partial charge in [-0.05, 0) is 18.9 Å². The van der Waals surface area contributed by atoms with E-state index in [1.165, 1.54) is 23.9 Å². The number of halogens is 2. The van der Waals surface area contributed by atoms with Crippen molar-refractivity contribution < 1.29 is 26.7 Å². The van der Waals surface area contributed by atoms with Crippen LogP contribution in [0.1, 0.15) is 28.8 Å². The van der Waals surface area contributed by atoms with Gasteiger partial charge in [-0.2, -0.15) is 4.98 Å². The summed E-state index contributed by atoms with van der Waals surface area (Å²) in [5, 5.41) is 3.07. The number of piperidine rings is 1. The van der Waals surface area contributed by atoms with Gasteiger partial charge in [0.2, 0.25) is 21.8 Å². The third kappa shape index (κ3) is 4.65. The van der Waals surface area contributed by atoms with Crippen molar-refractivity contribution >= 4 is 27.6 Å². The Balaban J connectivity index is 1.75. The SMILES string of the molecule is COc1cc(F)c(F)cc1C(=O)c1cnc(NC2CCN(S(C)(=O)=O)CC2)nc1N. The summed E-state index contributed by atoms with van der Waals surface area (Å²) in [5.41, 5.74) is 5.60. The zero-order valence-electron chi connectivity index (χ0n) is 16.4. The van der Waals surface area contributed by atoms with Gasteiger partial charge in [0.25, 0.3) is 0 Å². The standard InChI is InChI=1S/C18H21F2N5O4S/c1-29-15-8-14(20)13(19)7-11(15)16(26)12-9-22-18(24-17(12)21)23-10-3-5-25(6-4-10)30(2,27)28/h7-10H,3-6H2,1-2H3,(H3,21,22,23,24). The predicted molar refractivity (Wildman–Crippen MR) is 106 cm³/mol. The molecule has 1 aliphatic heterocycles. The number of nitrogens with two attached hydrogens (primary N) is 1. The predicted octanol–water partition coefficient (Wildman–Crippen LogP) is 1.41. The first kappa shape index (κ1) is 21.8. The number of carbonyl (C=O) groups excluding carboxylic acids is 1. The van der Waals surface area contributed by atoms with Crippen LogP contribution in [0.2, 0.25) is 0 Å². The molecule has 30 heavy (non-hydrogen) atoms. The molecular weight excluding hydrogens is 420 g/mol. The fraction of sp³-hybridized carbons (Fsp3) is 0.389. The Hall–Kier alpha value is -2.86. The molecule has 2 heterocycles. The number of sulfonamides is 1. The van der Waals surface area contributed by atoms with Gasteiger partial charge in [-0.1, -0.05) is 0 Å². The molecule has 0 radical (unpaired) electrons. The first-order chi connectivity index (χ1) is 14.1. The van der Waals surface area contributed by atoms with Crippen molar-refractivity contribution in [1.29, 1.82) is 0 Å². The summed E-state index contributed by atoms with van der Waals surface area (Å²) in [7, 11) is -2.00. The monoisotopic (exact) mass is 441 g/mol. The number of carbonyl (C=O) groups is 1. The van der Waals surface area contributed by atoms with Gasteiger partial charge in [-0.15, -0.1) is 0 Å². The molecule has 1 fully saturated rings. The molecule has 3 N–H and O–H groups in total. The number of nitrogens with zero attached hydrogens (tertiary/aromatic N) is 3. The molecule has 0 atom stereocenters. The summed E-state index contributed by atoms with van der Waals surface area (Å²) in [4.78, 5) is 20.9. The van der Waals surface area contributed by atoms with E-state index in [1.807, 2.05) is 0 Å². The zero-order chi connectivity index (χ0) is 22.1. The molecule has 0 saturated carbocycles. The van der Waals surface area contributed by atoms with Crippen LogP contribution in [0.4, 0.5) is 20.5 Å². The number of methoxy groups -OCH3 is 1. The van der Waals surface area contributed by atoms with E-state index >= 15 is 0 Å². The van der Waals surface area contributed by atoms with Gasteiger partial charge in [0.05, 0.1) is 24.5 Å². The zero-order valence-corrected chi connectivity index (χ0v) is 17.2. The number of nitrogen functional groups attached to an aromatic ring is 1. The van der Waals surface area contributed by atoms with E-state index in [2.05, 4.69) is 15.3 Å². The van der Waals surface area contributed by atoms with Crippen molar-refractivity contribution in [2.75, 3.05) is 37.5 Å². The van der Waals surface area contributed by atoms with Crippen LogP contribution in [0.25, 0.3) is 0 Å². The van der Waals surface area contributed by atoms with Crippen LogP contribution in [-0.2, 0) is 10.0 Å². The second-order valence-corrected chi connectivity index (χ2v) is 8.85. The summed E-state index contributed by atoms with van der Waals surface area (Å²) in [5.74, 6) is -3.15. The minimum Gasteiger partial charge on any atom is -0.496 e. The van der Waals surface area contributed by atoms with Crippen molar-refractivity contribution in [3.63, 3.8) is 0 Å². The number of ketones is 1. The summed E-state index contributed by atoms with van der Waals surface area (Å²) < 4.78 is 56.5. The lowest BCUT2D eigenvalue weighted by atomic mass is 10.0. The molecule has 0 bridgehead atoms. The van der Waals surface area contributed by atoms with Crippen molar-refractivity contribution in [3.05, 3.63) is 41.1 Å². The first-order valence-corrected chi connectivity index (χ1v) is 10.9. The number of nitrogens with one attached hydrogen (secondary N) is 1. The number of hydrogen-bond acceptors (Lipinski definition) is 8. The van der Waals surface area contributed by atoms with Gasteiger partial charge in [0, 0.05) is 31.4 Å². The molecule has 1 aromatic carbocycles. The lowest BCUT2D eigenvalue weighted by molar-refractivity contribution is 0.103. The number of ether oxygens (including phenoxy) is 1. The minimum atomic E-state index is -3.23. The van der Waals surface area contributed by atoms with Gasteiger partial charge in [-0.25, -0.2) is 26.5 Å². The molecule has 1 saturated heterocycles. The molecule has 2 aromatic rings. The fourth-order valence-electron chi connectivity index (χ4n) is 3.17. The van der Waals surface area contributed by atoms with Crippen LogP contribution in [0, 0.1) is 11.6 Å². The maximum Gasteiger partial charge on any atom is 0.224 e. The maximum atomic E-state index is 13.6. The Morgan fingerprint density at radius 3 is 2.43 bits per heavy atom. The lowest BCUT2D eigenvalue weighted by Gasteiger charge is -2.30. The molecular formula is C18H21F2N5O4S. The average molecular weight is 441 g/mol. The highest BCUT2D eigenvalue weighted by molar-refractivity contribution is 7.88. The molecule has 1 aromatic heterocycles. The van der Waals surface area contributed by atoms with Crippen molar-refractivity contribution in [2.45, 2.75) is 18.9 Å². The first-order valence-electron chi connectivity index (χ1n) is 9.02. The van der Waals surface area contributed by atoms with Gasteiger partial charge < -0.3 is 15.8 Å². The highest BCUT2D eigenvalue weighted by atomic mass is 32.2. The molecule has 12 heteroatoms. The maximum absolute atomic E-state index is 13.6. The van der Waals surface area contributed by atoms with Gasteiger partial charge >= 0.3 is 0 Å². The Kier molecular flexibility index (Phi) is 6.17. The molecule has 162 valence electrons. The molecule has 1 aliphatic rings. The Morgan fingerprint density at radius 2 is 1.87 bits per heavy atom. The second-order valence-electron chi connectivity index (χ2n) is 6.87. The van der Waals surface area contributed by atoms with Gasteiger partial charge in [0.1, 0.15) is 11.6 Å². The smallest absolute Gasteiger partial charge is 0.224 e. The molecule has 0 unspecified atom stereocenters. The third-order valence-corrected chi connectivity index (χ3v) is 6.11. The highest BCUT2D eigenvalue weighted by Gasteiger charge is 2.26. The summed E-state index contributed by atoms with van der Waals surface area (Å²) in [6.45, 7) is 0.747. The molecule has 9 nitrogen and oxygen atoms in total. The second kappa shape index (κ2) is 8.48. The minimum absolute atomic E-state index is 0.0600. The number of aromatic nitrogens is 2. The van der Waals surface area contributed by atoms with Crippen molar-refractivity contribution in [3.8, 4) is 5.75 Å². The van der Waals surface area contributed by atoms with Crippen LogP contribution in [-0.4, -0.2) is 61.0 Å². The van der Waals surface area contributed by atoms with E-state index in [4.69, 9.17) is 10.5 Å². The van der Waals surface area contributed by atoms with E-state index < -0.39 is 27.4 Å². The lowest BCUT2D eigenvalue weighted by Crippen LogP contribution is -2.42. The Morgan fingerprint density at radius 1 is 1.23 bits per heavy atom. The molecule has 0 spiro atoms. The molecule has 3 rings (SSSR count). The van der Waals surface area contributed by atoms with E-state index in [-0.39, 0.29) is 34.7 Å². The topological polar surface area (TPSA) is 128 Å². The van der Waals surface area contributed by atoms with Crippen molar-refractivity contribution in [1.82, 2.24) is 14.3 Å². The molecule has 0 amide bonds. The van der Waals surface area contributed by atoms with Gasteiger partial charge in [0.15, 0.2) is 11.6 Å². The van der Waals surface area contributed by atoms with E-state index in [1.54, 1.807) is 0 Å². The largest absolute Gasteiger partial charge is 0.496 e. The van der Waals surface area contributed by atoms with Crippen LogP contribution in [0.3, 0.4) is 0 Å². The quantitative estimate of drug-likeness (QED) is 0.644. The van der Waals surface area contributed by atoms with E-state index in [9.17, 15) is 22.0 Å². The molecule has 0 aliphatic carbocycles. The van der Waals surface area contributed by atoms with Crippen LogP contribution < -0.4 is 15.8 Å². The number of hydrogen-bond donors (Lipinski definition) is 2. The fourth-order valence-corrected chi connectivity index (χ4v) is 4.05. The van der Waals surface area contributed by atoms with Crippen molar-refractivity contribution in [2.24, 2.45) is 0 Å². The van der Waals surface area contributed by atoms with Gasteiger partial charge in [-0.3, -0.25) is 4.79 Å². The summed E-state index contributed by atoms with van der Waals surface area (Å²) >= 11 is 0. The van der Waals surface area contributed by atoms with Crippen LogP contribution in [0.15, 0.2) is 18.3 Å². The Bertz CT molecular complexity index is 1070. The highest BCUT2D eigenvalue weighted by Crippen LogP contribution is 2.26.